The monoisotopic (exact) mass is 476 g/mol. The number of unbranched alkanes of at least 4 members (excludes halogenated alkanes) is 2. The smallest absolute Gasteiger partial charge is 0.309 e. The maximum absolute atomic E-state index is 12.4. The summed E-state index contributed by atoms with van der Waals surface area (Å²) in [5.74, 6) is -1.59. The van der Waals surface area contributed by atoms with Gasteiger partial charge in [0.25, 0.3) is 0 Å². The van der Waals surface area contributed by atoms with E-state index in [1.807, 2.05) is 0 Å². The van der Waals surface area contributed by atoms with Gasteiger partial charge in [-0.1, -0.05) is 0 Å². The zero-order valence-electron chi connectivity index (χ0n) is 19.6. The van der Waals surface area contributed by atoms with Crippen LogP contribution >= 0.6 is 0 Å². The number of rotatable bonds is 14. The zero-order valence-corrected chi connectivity index (χ0v) is 19.6. The average molecular weight is 477 g/mol. The minimum Gasteiger partial charge on any atom is -0.481 e. The molecule has 0 aromatic heterocycles. The summed E-state index contributed by atoms with van der Waals surface area (Å²) in [6, 6.07) is -0.969. The van der Waals surface area contributed by atoms with Crippen LogP contribution in [0.25, 0.3) is 0 Å². The lowest BCUT2D eigenvalue weighted by Crippen LogP contribution is -2.76. The van der Waals surface area contributed by atoms with Gasteiger partial charge in [-0.3, -0.25) is 19.2 Å². The van der Waals surface area contributed by atoms with Crippen molar-refractivity contribution in [1.82, 2.24) is 21.3 Å². The van der Waals surface area contributed by atoms with Crippen LogP contribution < -0.4 is 21.3 Å². The van der Waals surface area contributed by atoms with E-state index in [1.165, 1.54) is 0 Å². The number of amides is 2. The summed E-state index contributed by atoms with van der Waals surface area (Å²) in [5, 5.41) is 31.1. The van der Waals surface area contributed by atoms with E-state index < -0.39 is 34.9 Å². The van der Waals surface area contributed by atoms with Crippen LogP contribution in [0.15, 0.2) is 0 Å². The fourth-order valence-electron chi connectivity index (χ4n) is 7.14. The topological polar surface area (TPSA) is 157 Å². The third kappa shape index (κ3) is 3.88. The Balaban J connectivity index is 0.907. The molecular weight excluding hydrogens is 440 g/mol. The molecule has 2 amide bonds. The largest absolute Gasteiger partial charge is 0.481 e. The molecule has 4 bridgehead atoms. The van der Waals surface area contributed by atoms with Crippen LogP contribution in [-0.2, 0) is 19.2 Å². The molecule has 1 aliphatic heterocycles. The van der Waals surface area contributed by atoms with Gasteiger partial charge >= 0.3 is 11.9 Å². The van der Waals surface area contributed by atoms with Crippen LogP contribution in [0, 0.1) is 10.8 Å². The first kappa shape index (κ1) is 23.5. The Hall–Kier alpha value is -2.20. The van der Waals surface area contributed by atoms with E-state index in [9.17, 15) is 29.4 Å². The summed E-state index contributed by atoms with van der Waals surface area (Å²) in [6.45, 7) is 1.60. The van der Waals surface area contributed by atoms with Gasteiger partial charge < -0.3 is 31.5 Å². The molecule has 1 saturated heterocycles. The molecule has 6 aliphatic carbocycles. The third-order valence-electron chi connectivity index (χ3n) is 9.07. The molecule has 0 radical (unpaired) electrons. The fourth-order valence-corrected chi connectivity index (χ4v) is 7.14. The first-order chi connectivity index (χ1) is 16.1. The molecule has 0 unspecified atom stereocenters. The fraction of sp³-hybridized carbons (Fsp3) is 0.833. The summed E-state index contributed by atoms with van der Waals surface area (Å²) in [4.78, 5) is 47.2. The maximum atomic E-state index is 12.4. The molecule has 6 saturated carbocycles. The van der Waals surface area contributed by atoms with Gasteiger partial charge in [0.2, 0.25) is 11.8 Å². The van der Waals surface area contributed by atoms with Crippen molar-refractivity contribution in [3.63, 3.8) is 0 Å². The van der Waals surface area contributed by atoms with Crippen molar-refractivity contribution in [2.24, 2.45) is 10.8 Å². The Morgan fingerprint density at radius 2 is 1.06 bits per heavy atom. The van der Waals surface area contributed by atoms with E-state index in [0.717, 1.165) is 77.3 Å². The average Bonchev–Trinajstić information content (AvgIpc) is 2.64. The SMILES string of the molecule is O=C1N[C@@H](CCCCNC23CC(C(=O)O)(C2)C3)C(=O)N[C@H]1CCCCNC12CC(C(=O)O)(C1)C2. The summed E-state index contributed by atoms with van der Waals surface area (Å²) < 4.78 is 0. The van der Waals surface area contributed by atoms with E-state index in [1.54, 1.807) is 0 Å². The molecule has 0 aromatic rings. The minimum atomic E-state index is -0.676. The number of nitrogens with one attached hydrogen (secondary N) is 4. The van der Waals surface area contributed by atoms with Gasteiger partial charge in [-0.05, 0) is 90.1 Å². The molecule has 2 atom stereocenters. The number of piperazine rings is 1. The van der Waals surface area contributed by atoms with Gasteiger partial charge in [-0.15, -0.1) is 0 Å². The van der Waals surface area contributed by atoms with Crippen molar-refractivity contribution in [2.45, 2.75) is 100 Å². The highest BCUT2D eigenvalue weighted by atomic mass is 16.4. The number of aliphatic carboxylic acids is 2. The van der Waals surface area contributed by atoms with E-state index in [4.69, 9.17) is 0 Å². The molecule has 1 heterocycles. The van der Waals surface area contributed by atoms with E-state index in [2.05, 4.69) is 21.3 Å². The van der Waals surface area contributed by atoms with Crippen molar-refractivity contribution >= 4 is 23.8 Å². The van der Waals surface area contributed by atoms with Crippen molar-refractivity contribution in [2.75, 3.05) is 13.1 Å². The molecule has 7 fully saturated rings. The molecular formula is C24H36N4O6. The zero-order chi connectivity index (χ0) is 24.2. The molecule has 0 spiro atoms. The minimum absolute atomic E-state index is 0.0239. The Labute approximate surface area is 199 Å². The van der Waals surface area contributed by atoms with Gasteiger partial charge in [0.05, 0.1) is 10.8 Å². The van der Waals surface area contributed by atoms with E-state index in [0.29, 0.717) is 12.8 Å². The number of hydrogen-bond donors (Lipinski definition) is 6. The molecule has 6 N–H and O–H groups in total. The van der Waals surface area contributed by atoms with Gasteiger partial charge in [0.1, 0.15) is 12.1 Å². The van der Waals surface area contributed by atoms with Gasteiger partial charge in [-0.25, -0.2) is 0 Å². The summed E-state index contributed by atoms with van der Waals surface area (Å²) >= 11 is 0. The summed E-state index contributed by atoms with van der Waals surface area (Å²) in [6.07, 6.45) is 8.92. The first-order valence-electron chi connectivity index (χ1n) is 12.7. The lowest BCUT2D eigenvalue weighted by Gasteiger charge is -2.68. The molecule has 10 heteroatoms. The van der Waals surface area contributed by atoms with Crippen LogP contribution in [0.4, 0.5) is 0 Å². The predicted octanol–water partition coefficient (Wildman–Crippen LogP) is 0.504. The predicted molar refractivity (Wildman–Crippen MR) is 121 cm³/mol. The molecule has 34 heavy (non-hydrogen) atoms. The molecule has 0 aromatic carbocycles. The van der Waals surface area contributed by atoms with Crippen LogP contribution in [0.3, 0.4) is 0 Å². The molecule has 7 rings (SSSR count). The number of carboxylic acid groups (broad SMARTS) is 2. The second-order valence-corrected chi connectivity index (χ2v) is 11.8. The highest BCUT2D eigenvalue weighted by molar-refractivity contribution is 5.96. The lowest BCUT2D eigenvalue weighted by molar-refractivity contribution is -0.198. The Bertz CT molecular complexity index is 792. The van der Waals surface area contributed by atoms with E-state index >= 15 is 0 Å². The van der Waals surface area contributed by atoms with Crippen molar-refractivity contribution in [3.05, 3.63) is 0 Å². The van der Waals surface area contributed by atoms with E-state index in [-0.39, 0.29) is 22.9 Å². The van der Waals surface area contributed by atoms with Crippen LogP contribution in [0.1, 0.15) is 77.0 Å². The normalized spacial score (nSPS) is 41.2. The Morgan fingerprint density at radius 3 is 1.38 bits per heavy atom. The van der Waals surface area contributed by atoms with Crippen LogP contribution in [-0.4, -0.2) is 70.2 Å². The second-order valence-electron chi connectivity index (χ2n) is 11.8. The highest BCUT2D eigenvalue weighted by Gasteiger charge is 2.72. The number of hydrogen-bond acceptors (Lipinski definition) is 6. The van der Waals surface area contributed by atoms with Gasteiger partial charge in [0.15, 0.2) is 0 Å². The Morgan fingerprint density at radius 1 is 0.706 bits per heavy atom. The lowest BCUT2D eigenvalue weighted by atomic mass is 9.39. The van der Waals surface area contributed by atoms with Crippen molar-refractivity contribution in [1.29, 1.82) is 0 Å². The molecule has 10 nitrogen and oxygen atoms in total. The van der Waals surface area contributed by atoms with Crippen molar-refractivity contribution in [3.8, 4) is 0 Å². The molecule has 7 aliphatic rings. The van der Waals surface area contributed by atoms with Gasteiger partial charge in [-0.2, -0.15) is 0 Å². The van der Waals surface area contributed by atoms with Crippen molar-refractivity contribution < 1.29 is 29.4 Å². The first-order valence-corrected chi connectivity index (χ1v) is 12.7. The standard InChI is InChI=1S/C24H36N4O6/c29-17-15(5-1-3-7-25-23-9-21(10-23,11-23)19(31)32)27-18(30)16(28-17)6-2-4-8-26-24-12-22(13-24,14-24)20(33)34/h15-16,25-26H,1-14H2,(H,27,30)(H,28,29)(H,31,32)(H,33,34)/t15-,16-,21?,22?,23?,24?/m0/s1. The second kappa shape index (κ2) is 8.19. The summed E-state index contributed by atoms with van der Waals surface area (Å²) in [5.41, 5.74) is -0.884. The quantitative estimate of drug-likeness (QED) is 0.198. The maximum Gasteiger partial charge on any atom is 0.309 e. The van der Waals surface area contributed by atoms with Gasteiger partial charge in [0, 0.05) is 11.1 Å². The van der Waals surface area contributed by atoms with Crippen LogP contribution in [0.5, 0.6) is 0 Å². The van der Waals surface area contributed by atoms with Crippen LogP contribution in [0.2, 0.25) is 0 Å². The number of carboxylic acids is 2. The summed E-state index contributed by atoms with van der Waals surface area (Å²) in [7, 11) is 0. The number of carbonyl (C=O) groups is 4. The third-order valence-corrected chi connectivity index (χ3v) is 9.07. The Kier molecular flexibility index (Phi) is 5.67. The highest BCUT2D eigenvalue weighted by Crippen LogP contribution is 2.67. The number of carbonyl (C=O) groups excluding carboxylic acids is 2. The molecule has 188 valence electrons.